The summed E-state index contributed by atoms with van der Waals surface area (Å²) in [5, 5.41) is 3.72. The summed E-state index contributed by atoms with van der Waals surface area (Å²) in [5.41, 5.74) is 0. The maximum absolute atomic E-state index is 3.72. The second-order valence-electron chi connectivity index (χ2n) is 5.56. The van der Waals surface area contributed by atoms with Gasteiger partial charge in [-0.25, -0.2) is 0 Å². The number of hydrogen-bond donors (Lipinski definition) is 1. The normalized spacial score (nSPS) is 26.2. The molecule has 0 amide bonds. The Balaban J connectivity index is 2.34. The Hall–Kier alpha value is -0.120. The molecule has 1 rings (SSSR count). The molecule has 3 nitrogen and oxygen atoms in total. The number of likely N-dealkylation sites (N-methyl/N-ethyl adjacent to an activating group) is 2. The van der Waals surface area contributed by atoms with Crippen molar-refractivity contribution in [2.45, 2.75) is 39.3 Å². The van der Waals surface area contributed by atoms with Crippen LogP contribution in [0.1, 0.15) is 27.2 Å². The number of nitrogens with one attached hydrogen (secondary N) is 1. The SMILES string of the molecule is CCC(NCC1CN(C)CCN1C)C(C)C. The van der Waals surface area contributed by atoms with Crippen molar-refractivity contribution >= 4 is 0 Å². The predicted molar refractivity (Wildman–Crippen MR) is 70.8 cm³/mol. The highest BCUT2D eigenvalue weighted by Crippen LogP contribution is 2.08. The molecule has 96 valence electrons. The van der Waals surface area contributed by atoms with Gasteiger partial charge in [0.25, 0.3) is 0 Å². The third kappa shape index (κ3) is 4.04. The van der Waals surface area contributed by atoms with Gasteiger partial charge in [-0.2, -0.15) is 0 Å². The van der Waals surface area contributed by atoms with Crippen LogP contribution in [0.4, 0.5) is 0 Å². The first-order valence-corrected chi connectivity index (χ1v) is 6.66. The van der Waals surface area contributed by atoms with Crippen molar-refractivity contribution in [3.8, 4) is 0 Å². The van der Waals surface area contributed by atoms with Gasteiger partial charge >= 0.3 is 0 Å². The van der Waals surface area contributed by atoms with E-state index in [1.165, 1.54) is 26.1 Å². The van der Waals surface area contributed by atoms with Crippen LogP contribution in [0, 0.1) is 5.92 Å². The van der Waals surface area contributed by atoms with Crippen molar-refractivity contribution in [1.82, 2.24) is 15.1 Å². The van der Waals surface area contributed by atoms with E-state index in [4.69, 9.17) is 0 Å². The Kier molecular flexibility index (Phi) is 5.73. The molecule has 2 atom stereocenters. The van der Waals surface area contributed by atoms with Gasteiger partial charge in [-0.1, -0.05) is 20.8 Å². The molecule has 1 heterocycles. The topological polar surface area (TPSA) is 18.5 Å². The van der Waals surface area contributed by atoms with E-state index in [1.54, 1.807) is 0 Å². The van der Waals surface area contributed by atoms with Gasteiger partial charge in [0.1, 0.15) is 0 Å². The first kappa shape index (κ1) is 13.9. The van der Waals surface area contributed by atoms with Crippen LogP contribution in [0.5, 0.6) is 0 Å². The summed E-state index contributed by atoms with van der Waals surface area (Å²) < 4.78 is 0. The third-order valence-corrected chi connectivity index (χ3v) is 3.84. The van der Waals surface area contributed by atoms with E-state index >= 15 is 0 Å². The molecule has 0 saturated carbocycles. The molecule has 0 bridgehead atoms. The van der Waals surface area contributed by atoms with Crippen LogP contribution >= 0.6 is 0 Å². The molecule has 0 aromatic rings. The van der Waals surface area contributed by atoms with Crippen LogP contribution in [0.15, 0.2) is 0 Å². The molecule has 3 heteroatoms. The van der Waals surface area contributed by atoms with Gasteiger partial charge in [0.2, 0.25) is 0 Å². The lowest BCUT2D eigenvalue weighted by Crippen LogP contribution is -2.55. The molecular weight excluding hydrogens is 198 g/mol. The van der Waals surface area contributed by atoms with Crippen molar-refractivity contribution in [3.63, 3.8) is 0 Å². The maximum Gasteiger partial charge on any atom is 0.0345 e. The fourth-order valence-electron chi connectivity index (χ4n) is 2.46. The Morgan fingerprint density at radius 1 is 1.25 bits per heavy atom. The van der Waals surface area contributed by atoms with Crippen molar-refractivity contribution in [3.05, 3.63) is 0 Å². The van der Waals surface area contributed by atoms with Crippen LogP contribution in [0.25, 0.3) is 0 Å². The summed E-state index contributed by atoms with van der Waals surface area (Å²) in [5.74, 6) is 0.733. The Morgan fingerprint density at radius 2 is 1.94 bits per heavy atom. The zero-order valence-corrected chi connectivity index (χ0v) is 11.7. The number of piperazine rings is 1. The van der Waals surface area contributed by atoms with E-state index in [-0.39, 0.29) is 0 Å². The zero-order valence-electron chi connectivity index (χ0n) is 11.7. The van der Waals surface area contributed by atoms with E-state index in [9.17, 15) is 0 Å². The lowest BCUT2D eigenvalue weighted by atomic mass is 10.0. The van der Waals surface area contributed by atoms with Crippen molar-refractivity contribution in [2.24, 2.45) is 5.92 Å². The second kappa shape index (κ2) is 6.58. The zero-order chi connectivity index (χ0) is 12.1. The molecule has 0 spiro atoms. The Bertz CT molecular complexity index is 194. The molecule has 0 aliphatic carbocycles. The number of nitrogens with zero attached hydrogens (tertiary/aromatic N) is 2. The van der Waals surface area contributed by atoms with Gasteiger partial charge in [-0.05, 0) is 26.4 Å². The monoisotopic (exact) mass is 227 g/mol. The average Bonchev–Trinajstić information content (AvgIpc) is 2.23. The number of rotatable bonds is 5. The summed E-state index contributed by atoms with van der Waals surface area (Å²) in [4.78, 5) is 4.92. The van der Waals surface area contributed by atoms with Crippen molar-refractivity contribution in [2.75, 3.05) is 40.3 Å². The minimum atomic E-state index is 0.667. The minimum Gasteiger partial charge on any atom is -0.312 e. The van der Waals surface area contributed by atoms with Gasteiger partial charge in [-0.3, -0.25) is 4.90 Å². The fourth-order valence-corrected chi connectivity index (χ4v) is 2.46. The minimum absolute atomic E-state index is 0.667. The molecule has 1 fully saturated rings. The van der Waals surface area contributed by atoms with Crippen LogP contribution in [-0.2, 0) is 0 Å². The summed E-state index contributed by atoms with van der Waals surface area (Å²) in [6.07, 6.45) is 1.23. The van der Waals surface area contributed by atoms with Crippen molar-refractivity contribution < 1.29 is 0 Å². The van der Waals surface area contributed by atoms with Crippen LogP contribution < -0.4 is 5.32 Å². The lowest BCUT2D eigenvalue weighted by molar-refractivity contribution is 0.109. The molecule has 1 N–H and O–H groups in total. The van der Waals surface area contributed by atoms with E-state index in [0.29, 0.717) is 12.1 Å². The van der Waals surface area contributed by atoms with Gasteiger partial charge in [0, 0.05) is 38.3 Å². The van der Waals surface area contributed by atoms with E-state index in [0.717, 1.165) is 12.5 Å². The Morgan fingerprint density at radius 3 is 2.50 bits per heavy atom. The summed E-state index contributed by atoms with van der Waals surface area (Å²) in [7, 11) is 4.47. The molecular formula is C13H29N3. The molecule has 16 heavy (non-hydrogen) atoms. The van der Waals surface area contributed by atoms with Gasteiger partial charge < -0.3 is 10.2 Å². The highest BCUT2D eigenvalue weighted by molar-refractivity contribution is 4.82. The largest absolute Gasteiger partial charge is 0.312 e. The van der Waals surface area contributed by atoms with E-state index in [1.807, 2.05) is 0 Å². The molecule has 0 aromatic heterocycles. The Labute approximate surface area is 101 Å². The van der Waals surface area contributed by atoms with Crippen LogP contribution in [0.3, 0.4) is 0 Å². The standard InChI is InChI=1S/C13H29N3/c1-6-13(11(2)3)14-9-12-10-15(4)7-8-16(12)5/h11-14H,6-10H2,1-5H3. The first-order valence-electron chi connectivity index (χ1n) is 6.66. The highest BCUT2D eigenvalue weighted by atomic mass is 15.3. The van der Waals surface area contributed by atoms with Crippen LogP contribution in [-0.4, -0.2) is 62.2 Å². The first-order chi connectivity index (χ1) is 7.54. The van der Waals surface area contributed by atoms with E-state index in [2.05, 4.69) is 50.0 Å². The summed E-state index contributed by atoms with van der Waals surface area (Å²) in [6.45, 7) is 11.6. The smallest absolute Gasteiger partial charge is 0.0345 e. The molecule has 1 aliphatic heterocycles. The maximum atomic E-state index is 3.72. The predicted octanol–water partition coefficient (Wildman–Crippen LogP) is 1.26. The second-order valence-corrected chi connectivity index (χ2v) is 5.56. The third-order valence-electron chi connectivity index (χ3n) is 3.84. The van der Waals surface area contributed by atoms with E-state index < -0.39 is 0 Å². The average molecular weight is 227 g/mol. The number of hydrogen-bond acceptors (Lipinski definition) is 3. The van der Waals surface area contributed by atoms with Crippen molar-refractivity contribution in [1.29, 1.82) is 0 Å². The molecule has 1 saturated heterocycles. The fraction of sp³-hybridized carbons (Fsp3) is 1.00. The summed E-state index contributed by atoms with van der Waals surface area (Å²) in [6, 6.07) is 1.34. The molecule has 2 unspecified atom stereocenters. The highest BCUT2D eigenvalue weighted by Gasteiger charge is 2.22. The molecule has 0 radical (unpaired) electrons. The van der Waals surface area contributed by atoms with Crippen LogP contribution in [0.2, 0.25) is 0 Å². The molecule has 0 aromatic carbocycles. The van der Waals surface area contributed by atoms with Gasteiger partial charge in [0.15, 0.2) is 0 Å². The quantitative estimate of drug-likeness (QED) is 0.763. The van der Waals surface area contributed by atoms with Gasteiger partial charge in [-0.15, -0.1) is 0 Å². The lowest BCUT2D eigenvalue weighted by Gasteiger charge is -2.38. The van der Waals surface area contributed by atoms with Gasteiger partial charge in [0.05, 0.1) is 0 Å². The summed E-state index contributed by atoms with van der Waals surface area (Å²) >= 11 is 0. The molecule has 1 aliphatic rings.